The van der Waals surface area contributed by atoms with Crippen LogP contribution in [0.2, 0.25) is 10.0 Å². The lowest BCUT2D eigenvalue weighted by Crippen LogP contribution is -2.07. The lowest BCUT2D eigenvalue weighted by molar-refractivity contribution is -0.142. The second-order valence-corrected chi connectivity index (χ2v) is 8.29. The molecule has 0 aliphatic heterocycles. The van der Waals surface area contributed by atoms with Gasteiger partial charge < -0.3 is 9.30 Å². The van der Waals surface area contributed by atoms with Gasteiger partial charge in [-0.15, -0.1) is 11.3 Å². The van der Waals surface area contributed by atoms with Crippen LogP contribution in [0.1, 0.15) is 18.1 Å². The summed E-state index contributed by atoms with van der Waals surface area (Å²) in [6, 6.07) is 9.54. The molecule has 2 aromatic heterocycles. The molecule has 2 radical (unpaired) electrons. The van der Waals surface area contributed by atoms with Crippen molar-refractivity contribution in [1.29, 1.82) is 0 Å². The summed E-state index contributed by atoms with van der Waals surface area (Å²) in [5, 5.41) is 5.29. The van der Waals surface area contributed by atoms with E-state index in [1.54, 1.807) is 18.3 Å². The summed E-state index contributed by atoms with van der Waals surface area (Å²) in [6.45, 7) is 2.82. The Kier molecular flexibility index (Phi) is 5.41. The first-order chi connectivity index (χ1) is 13.5. The molecule has 0 atom stereocenters. The highest BCUT2D eigenvalue weighted by atomic mass is 35.5. The SMILES string of the molecule is [B]c1ccc2c(CC(=O)OCC)cn(Cc3csc4cc(Cl)c(Cl)cc34)c2c1. The third-order valence-electron chi connectivity index (χ3n) is 4.67. The molecule has 0 spiro atoms. The molecule has 0 saturated heterocycles. The van der Waals surface area contributed by atoms with E-state index in [1.807, 2.05) is 36.5 Å². The number of halogens is 2. The smallest absolute Gasteiger partial charge is 0.310 e. The maximum Gasteiger partial charge on any atom is 0.310 e. The first-order valence-electron chi connectivity index (χ1n) is 8.84. The summed E-state index contributed by atoms with van der Waals surface area (Å²) in [6.07, 6.45) is 2.23. The van der Waals surface area contributed by atoms with Gasteiger partial charge in [0.05, 0.1) is 23.1 Å². The van der Waals surface area contributed by atoms with E-state index < -0.39 is 0 Å². The van der Waals surface area contributed by atoms with Gasteiger partial charge in [0.15, 0.2) is 0 Å². The molecule has 0 fully saturated rings. The number of rotatable bonds is 5. The maximum atomic E-state index is 12.0. The third-order valence-corrected chi connectivity index (χ3v) is 6.38. The number of nitrogens with zero attached hydrogens (tertiary/aromatic N) is 1. The standard InChI is InChI=1S/C21H16BCl2NO2S/c1-2-27-21(26)5-12-9-25(19-6-14(22)3-4-15(12)19)10-13-11-28-20-8-18(24)17(23)7-16(13)20/h3-4,6-9,11H,2,5,10H2,1H3. The Labute approximate surface area is 178 Å². The molecule has 7 heteroatoms. The third kappa shape index (κ3) is 3.67. The first-order valence-corrected chi connectivity index (χ1v) is 10.5. The largest absolute Gasteiger partial charge is 0.466 e. The predicted molar refractivity (Wildman–Crippen MR) is 119 cm³/mol. The van der Waals surface area contributed by atoms with Crippen molar-refractivity contribution >= 4 is 74.8 Å². The van der Waals surface area contributed by atoms with Crippen LogP contribution in [0.4, 0.5) is 0 Å². The Hall–Kier alpha value is -1.95. The van der Waals surface area contributed by atoms with Crippen LogP contribution in [0.5, 0.6) is 0 Å². The molecular weight excluding hydrogens is 412 g/mol. The number of thiophene rings is 1. The number of benzene rings is 2. The van der Waals surface area contributed by atoms with E-state index >= 15 is 0 Å². The van der Waals surface area contributed by atoms with Crippen LogP contribution >= 0.6 is 34.5 Å². The van der Waals surface area contributed by atoms with Crippen molar-refractivity contribution in [2.24, 2.45) is 0 Å². The Bertz CT molecular complexity index is 1200. The van der Waals surface area contributed by atoms with Gasteiger partial charge in [-0.25, -0.2) is 0 Å². The fourth-order valence-corrected chi connectivity index (χ4v) is 4.77. The number of carbonyl (C=O) groups excluding carboxylic acids is 1. The van der Waals surface area contributed by atoms with Crippen LogP contribution in [0.15, 0.2) is 41.9 Å². The summed E-state index contributed by atoms with van der Waals surface area (Å²) < 4.78 is 8.32. The number of hydrogen-bond donors (Lipinski definition) is 0. The van der Waals surface area contributed by atoms with Gasteiger partial charge >= 0.3 is 5.97 Å². The molecule has 28 heavy (non-hydrogen) atoms. The van der Waals surface area contributed by atoms with Crippen molar-refractivity contribution < 1.29 is 9.53 Å². The maximum absolute atomic E-state index is 12.0. The van der Waals surface area contributed by atoms with Crippen LogP contribution in [0, 0.1) is 0 Å². The molecule has 3 nitrogen and oxygen atoms in total. The van der Waals surface area contributed by atoms with Gasteiger partial charge in [-0.05, 0) is 47.0 Å². The number of carbonyl (C=O) groups is 1. The van der Waals surface area contributed by atoms with E-state index in [0.29, 0.717) is 28.7 Å². The normalized spacial score (nSPS) is 11.4. The molecule has 4 aromatic rings. The first kappa shape index (κ1) is 19.4. The van der Waals surface area contributed by atoms with E-state index in [1.165, 1.54) is 0 Å². The zero-order chi connectivity index (χ0) is 19.8. The van der Waals surface area contributed by atoms with Crippen LogP contribution < -0.4 is 5.46 Å². The minimum atomic E-state index is -0.235. The van der Waals surface area contributed by atoms with Crippen LogP contribution in [0.3, 0.4) is 0 Å². The molecule has 0 amide bonds. The minimum Gasteiger partial charge on any atom is -0.466 e. The van der Waals surface area contributed by atoms with E-state index in [9.17, 15) is 4.79 Å². The molecule has 0 aliphatic carbocycles. The zero-order valence-corrected chi connectivity index (χ0v) is 17.5. The highest BCUT2D eigenvalue weighted by Gasteiger charge is 2.15. The molecule has 0 aliphatic rings. The van der Waals surface area contributed by atoms with E-state index in [0.717, 1.165) is 32.1 Å². The number of esters is 1. The molecule has 2 heterocycles. The topological polar surface area (TPSA) is 31.2 Å². The van der Waals surface area contributed by atoms with Crippen molar-refractivity contribution in [3.8, 4) is 0 Å². The Morgan fingerprint density at radius 2 is 1.93 bits per heavy atom. The Morgan fingerprint density at radius 3 is 2.71 bits per heavy atom. The predicted octanol–water partition coefficient (Wildman–Crippen LogP) is 5.11. The van der Waals surface area contributed by atoms with Gasteiger partial charge in [0.25, 0.3) is 0 Å². The lowest BCUT2D eigenvalue weighted by atomic mass is 9.94. The second kappa shape index (κ2) is 7.82. The average molecular weight is 428 g/mol. The monoisotopic (exact) mass is 427 g/mol. The number of hydrogen-bond acceptors (Lipinski definition) is 3. The summed E-state index contributed by atoms with van der Waals surface area (Å²) >= 11 is 14.0. The minimum absolute atomic E-state index is 0.229. The van der Waals surface area contributed by atoms with E-state index in [2.05, 4.69) is 9.95 Å². The zero-order valence-electron chi connectivity index (χ0n) is 15.2. The van der Waals surface area contributed by atoms with Crippen LogP contribution in [-0.2, 0) is 22.5 Å². The Balaban J connectivity index is 1.77. The van der Waals surface area contributed by atoms with Gasteiger partial charge in [0.2, 0.25) is 0 Å². The summed E-state index contributed by atoms with van der Waals surface area (Å²) in [4.78, 5) is 12.0. The van der Waals surface area contributed by atoms with Crippen LogP contribution in [0.25, 0.3) is 21.0 Å². The van der Waals surface area contributed by atoms with Crippen molar-refractivity contribution in [2.45, 2.75) is 19.9 Å². The molecule has 0 unspecified atom stereocenters. The molecule has 0 bridgehead atoms. The number of fused-ring (bicyclic) bond motifs is 2. The number of ether oxygens (including phenoxy) is 1. The quantitative estimate of drug-likeness (QED) is 0.327. The van der Waals surface area contributed by atoms with Crippen LogP contribution in [-0.4, -0.2) is 25.0 Å². The fourth-order valence-electron chi connectivity index (χ4n) is 3.41. The van der Waals surface area contributed by atoms with Gasteiger partial charge in [0.1, 0.15) is 7.85 Å². The summed E-state index contributed by atoms with van der Waals surface area (Å²) in [7, 11) is 6.02. The highest BCUT2D eigenvalue weighted by Crippen LogP contribution is 2.34. The summed E-state index contributed by atoms with van der Waals surface area (Å²) in [5.41, 5.74) is 3.73. The number of aromatic nitrogens is 1. The van der Waals surface area contributed by atoms with Gasteiger partial charge in [-0.3, -0.25) is 4.79 Å². The van der Waals surface area contributed by atoms with Crippen molar-refractivity contribution in [1.82, 2.24) is 4.57 Å². The second-order valence-electron chi connectivity index (χ2n) is 6.56. The molecule has 0 saturated carbocycles. The van der Waals surface area contributed by atoms with Gasteiger partial charge in [-0.2, -0.15) is 0 Å². The molecular formula is C21H16BCl2NO2S. The fraction of sp³-hybridized carbons (Fsp3) is 0.190. The highest BCUT2D eigenvalue weighted by molar-refractivity contribution is 7.17. The van der Waals surface area contributed by atoms with Crippen molar-refractivity contribution in [3.63, 3.8) is 0 Å². The van der Waals surface area contributed by atoms with E-state index in [-0.39, 0.29) is 12.4 Å². The lowest BCUT2D eigenvalue weighted by Gasteiger charge is -2.06. The van der Waals surface area contributed by atoms with Gasteiger partial charge in [-0.1, -0.05) is 40.8 Å². The van der Waals surface area contributed by atoms with E-state index in [4.69, 9.17) is 35.8 Å². The Morgan fingerprint density at radius 1 is 1.14 bits per heavy atom. The van der Waals surface area contributed by atoms with Gasteiger partial charge in [0, 0.05) is 28.3 Å². The average Bonchev–Trinajstić information content (AvgIpc) is 3.17. The summed E-state index contributed by atoms with van der Waals surface area (Å²) in [5.74, 6) is -0.235. The molecule has 140 valence electrons. The molecule has 4 rings (SSSR count). The molecule has 2 aromatic carbocycles. The van der Waals surface area contributed by atoms with Crippen molar-refractivity contribution in [2.75, 3.05) is 6.61 Å². The molecule has 0 N–H and O–H groups in total. The van der Waals surface area contributed by atoms with Crippen molar-refractivity contribution in [3.05, 3.63) is 63.1 Å².